The number of Topliss-reactive ketones (excluding diaryl/α,β-unsaturated/α-hetero) is 1. The zero-order valence-corrected chi connectivity index (χ0v) is 12.8. The molecule has 3 rings (SSSR count). The van der Waals surface area contributed by atoms with Gasteiger partial charge in [0, 0.05) is 19.2 Å². The Balaban J connectivity index is 1.93. The SMILES string of the molecule is CC(=O)NCC1CN(n2nc(C(C)=O)c3ccccc32)C(=O)O1. The number of rotatable bonds is 4. The third-order valence-electron chi connectivity index (χ3n) is 3.57. The van der Waals surface area contributed by atoms with Crippen molar-refractivity contribution >= 4 is 28.7 Å². The number of nitrogens with one attached hydrogen (secondary N) is 1. The van der Waals surface area contributed by atoms with Crippen molar-refractivity contribution in [2.45, 2.75) is 20.0 Å². The molecule has 1 aliphatic heterocycles. The molecular weight excluding hydrogens is 300 g/mol. The number of aromatic nitrogens is 2. The second-order valence-corrected chi connectivity index (χ2v) is 5.34. The molecule has 1 N–H and O–H groups in total. The van der Waals surface area contributed by atoms with E-state index < -0.39 is 12.2 Å². The maximum atomic E-state index is 12.1. The minimum atomic E-state index is -0.566. The average Bonchev–Trinajstić information content (AvgIpc) is 3.05. The number of hydrogen-bond acceptors (Lipinski definition) is 5. The third-order valence-corrected chi connectivity index (χ3v) is 3.57. The Bertz CT molecular complexity index is 798. The Morgan fingerprint density at radius 1 is 1.35 bits per heavy atom. The standard InChI is InChI=1S/C15H16N4O4/c1-9(20)14-12-5-3-4-6-13(12)19(17-14)18-8-11(23-15(18)22)7-16-10(2)21/h3-6,11H,7-8H2,1-2H3,(H,16,21). The number of benzene rings is 1. The van der Waals surface area contributed by atoms with Crippen LogP contribution in [0.25, 0.3) is 10.9 Å². The maximum absolute atomic E-state index is 12.1. The summed E-state index contributed by atoms with van der Waals surface area (Å²) in [5.74, 6) is -0.370. The summed E-state index contributed by atoms with van der Waals surface area (Å²) in [6, 6.07) is 7.18. The molecule has 0 spiro atoms. The van der Waals surface area contributed by atoms with Gasteiger partial charge in [0.05, 0.1) is 18.6 Å². The topological polar surface area (TPSA) is 93.5 Å². The van der Waals surface area contributed by atoms with Gasteiger partial charge in [-0.05, 0) is 6.07 Å². The van der Waals surface area contributed by atoms with Gasteiger partial charge in [-0.1, -0.05) is 18.2 Å². The second kappa shape index (κ2) is 5.71. The van der Waals surface area contributed by atoms with Crippen molar-refractivity contribution in [3.63, 3.8) is 0 Å². The normalized spacial score (nSPS) is 17.4. The van der Waals surface area contributed by atoms with Crippen molar-refractivity contribution in [2.24, 2.45) is 0 Å². The fourth-order valence-corrected chi connectivity index (χ4v) is 2.52. The number of ketones is 1. The Morgan fingerprint density at radius 3 is 2.78 bits per heavy atom. The first kappa shape index (κ1) is 15.0. The molecule has 0 radical (unpaired) electrons. The largest absolute Gasteiger partial charge is 0.441 e. The fourth-order valence-electron chi connectivity index (χ4n) is 2.52. The molecule has 120 valence electrons. The van der Waals surface area contributed by atoms with Crippen molar-refractivity contribution in [1.29, 1.82) is 0 Å². The van der Waals surface area contributed by atoms with Gasteiger partial charge in [0.15, 0.2) is 5.78 Å². The average molecular weight is 316 g/mol. The monoisotopic (exact) mass is 316 g/mol. The molecule has 1 saturated heterocycles. The molecule has 2 amide bonds. The van der Waals surface area contributed by atoms with Gasteiger partial charge in [0.1, 0.15) is 11.8 Å². The lowest BCUT2D eigenvalue weighted by molar-refractivity contribution is -0.119. The molecule has 1 aliphatic rings. The van der Waals surface area contributed by atoms with Crippen LogP contribution in [0.3, 0.4) is 0 Å². The van der Waals surface area contributed by atoms with Crippen LogP contribution in [-0.4, -0.2) is 46.9 Å². The summed E-state index contributed by atoms with van der Waals surface area (Å²) in [5, 5.41) is 8.87. The van der Waals surface area contributed by atoms with E-state index in [-0.39, 0.29) is 24.8 Å². The number of cyclic esters (lactones) is 1. The third kappa shape index (κ3) is 2.75. The second-order valence-electron chi connectivity index (χ2n) is 5.34. The molecular formula is C15H16N4O4. The van der Waals surface area contributed by atoms with Crippen LogP contribution in [0.1, 0.15) is 24.3 Å². The van der Waals surface area contributed by atoms with Gasteiger partial charge < -0.3 is 10.1 Å². The van der Waals surface area contributed by atoms with Crippen LogP contribution in [0.2, 0.25) is 0 Å². The highest BCUT2D eigenvalue weighted by Gasteiger charge is 2.34. The quantitative estimate of drug-likeness (QED) is 0.843. The zero-order valence-electron chi connectivity index (χ0n) is 12.8. The number of carbonyl (C=O) groups is 3. The molecule has 8 heteroatoms. The van der Waals surface area contributed by atoms with E-state index in [1.165, 1.54) is 23.6 Å². The summed E-state index contributed by atoms with van der Waals surface area (Å²) in [7, 11) is 0. The Kier molecular flexibility index (Phi) is 3.73. The molecule has 2 heterocycles. The van der Waals surface area contributed by atoms with E-state index >= 15 is 0 Å². The van der Waals surface area contributed by atoms with Crippen LogP contribution in [0.4, 0.5) is 4.79 Å². The van der Waals surface area contributed by atoms with Crippen LogP contribution >= 0.6 is 0 Å². The first-order valence-corrected chi connectivity index (χ1v) is 7.19. The molecule has 23 heavy (non-hydrogen) atoms. The van der Waals surface area contributed by atoms with Gasteiger partial charge >= 0.3 is 6.09 Å². The summed E-state index contributed by atoms with van der Waals surface area (Å²) in [4.78, 5) is 36.2. The summed E-state index contributed by atoms with van der Waals surface area (Å²) in [5.41, 5.74) is 0.952. The molecule has 1 fully saturated rings. The van der Waals surface area contributed by atoms with Gasteiger partial charge in [-0.15, -0.1) is 5.10 Å². The fraction of sp³-hybridized carbons (Fsp3) is 0.333. The molecule has 0 bridgehead atoms. The molecule has 1 unspecified atom stereocenters. The van der Waals surface area contributed by atoms with Gasteiger partial charge in [-0.2, -0.15) is 9.80 Å². The predicted molar refractivity (Wildman–Crippen MR) is 81.8 cm³/mol. The number of carbonyl (C=O) groups excluding carboxylic acids is 3. The Hall–Kier alpha value is -2.90. The van der Waals surface area contributed by atoms with Crippen molar-refractivity contribution in [2.75, 3.05) is 18.1 Å². The summed E-state index contributed by atoms with van der Waals surface area (Å²) in [6.07, 6.45) is -1.03. The van der Waals surface area contributed by atoms with E-state index in [2.05, 4.69) is 10.4 Å². The smallest absolute Gasteiger partial charge is 0.430 e. The van der Waals surface area contributed by atoms with E-state index in [0.717, 1.165) is 0 Å². The molecule has 1 atom stereocenters. The number of para-hydroxylation sites is 1. The summed E-state index contributed by atoms with van der Waals surface area (Å²) in [6.45, 7) is 3.30. The number of nitrogens with zero attached hydrogens (tertiary/aromatic N) is 3. The highest BCUT2D eigenvalue weighted by Crippen LogP contribution is 2.21. The molecule has 1 aromatic carbocycles. The summed E-state index contributed by atoms with van der Waals surface area (Å²) >= 11 is 0. The van der Waals surface area contributed by atoms with Crippen LogP contribution in [0, 0.1) is 0 Å². The first-order chi connectivity index (χ1) is 11.0. The van der Waals surface area contributed by atoms with E-state index in [9.17, 15) is 14.4 Å². The van der Waals surface area contributed by atoms with Crippen LogP contribution < -0.4 is 10.3 Å². The van der Waals surface area contributed by atoms with Crippen LogP contribution in [0.15, 0.2) is 24.3 Å². The van der Waals surface area contributed by atoms with E-state index in [1.54, 1.807) is 18.2 Å². The van der Waals surface area contributed by atoms with E-state index in [1.807, 2.05) is 6.07 Å². The molecule has 0 saturated carbocycles. The van der Waals surface area contributed by atoms with Gasteiger partial charge in [-0.25, -0.2) is 4.79 Å². The van der Waals surface area contributed by atoms with Gasteiger partial charge in [-0.3, -0.25) is 9.59 Å². The minimum Gasteiger partial charge on any atom is -0.441 e. The lowest BCUT2D eigenvalue weighted by Crippen LogP contribution is -2.38. The highest BCUT2D eigenvalue weighted by molar-refractivity contribution is 6.05. The number of ether oxygens (including phenoxy) is 1. The van der Waals surface area contributed by atoms with E-state index in [0.29, 0.717) is 16.6 Å². The van der Waals surface area contributed by atoms with E-state index in [4.69, 9.17) is 4.74 Å². The number of hydrogen-bond donors (Lipinski definition) is 1. The van der Waals surface area contributed by atoms with Gasteiger partial charge in [0.25, 0.3) is 0 Å². The Morgan fingerprint density at radius 2 is 2.09 bits per heavy atom. The zero-order chi connectivity index (χ0) is 16.6. The lowest BCUT2D eigenvalue weighted by atomic mass is 10.2. The summed E-state index contributed by atoms with van der Waals surface area (Å²) < 4.78 is 5.22. The molecule has 2 aromatic rings. The molecule has 0 aliphatic carbocycles. The molecule has 1 aromatic heterocycles. The number of fused-ring (bicyclic) bond motifs is 1. The maximum Gasteiger partial charge on any atom is 0.430 e. The number of amides is 2. The Labute approximate surface area is 132 Å². The lowest BCUT2D eigenvalue weighted by Gasteiger charge is -2.13. The van der Waals surface area contributed by atoms with Crippen molar-refractivity contribution < 1.29 is 19.1 Å². The minimum absolute atomic E-state index is 0.178. The van der Waals surface area contributed by atoms with Crippen molar-refractivity contribution in [3.05, 3.63) is 30.0 Å². The van der Waals surface area contributed by atoms with Crippen molar-refractivity contribution in [1.82, 2.24) is 15.2 Å². The molecule has 8 nitrogen and oxygen atoms in total. The van der Waals surface area contributed by atoms with Gasteiger partial charge in [0.2, 0.25) is 5.91 Å². The van der Waals surface area contributed by atoms with Crippen molar-refractivity contribution in [3.8, 4) is 0 Å². The van der Waals surface area contributed by atoms with Crippen LogP contribution in [-0.2, 0) is 9.53 Å². The van der Waals surface area contributed by atoms with Crippen LogP contribution in [0.5, 0.6) is 0 Å². The first-order valence-electron chi connectivity index (χ1n) is 7.19. The highest BCUT2D eigenvalue weighted by atomic mass is 16.6. The predicted octanol–water partition coefficient (Wildman–Crippen LogP) is 0.832.